The number of pyridine rings is 1. The molecule has 0 fully saturated rings. The summed E-state index contributed by atoms with van der Waals surface area (Å²) in [6.07, 6.45) is 2.78. The number of para-hydroxylation sites is 2. The lowest BCUT2D eigenvalue weighted by Gasteiger charge is -2.24. The Morgan fingerprint density at radius 2 is 1.43 bits per heavy atom. The highest BCUT2D eigenvalue weighted by Crippen LogP contribution is 2.23. The van der Waals surface area contributed by atoms with Crippen LogP contribution in [-0.2, 0) is 11.3 Å². The third kappa shape index (κ3) is 11.2. The molecule has 3 aromatic rings. The van der Waals surface area contributed by atoms with Crippen LogP contribution >= 0.6 is 0 Å². The monoisotopic (exact) mass is 603 g/mol. The van der Waals surface area contributed by atoms with Gasteiger partial charge in [-0.15, -0.1) is 0 Å². The molecule has 0 saturated heterocycles. The van der Waals surface area contributed by atoms with E-state index in [4.69, 9.17) is 4.74 Å². The largest absolute Gasteiger partial charge is 0.444 e. The highest BCUT2D eigenvalue weighted by molar-refractivity contribution is 6.05. The van der Waals surface area contributed by atoms with Gasteiger partial charge in [0, 0.05) is 44.8 Å². The van der Waals surface area contributed by atoms with E-state index >= 15 is 0 Å². The number of hydrogen-bond donors (Lipinski definition) is 3. The molecule has 0 aliphatic heterocycles. The van der Waals surface area contributed by atoms with Crippen LogP contribution in [0, 0.1) is 0 Å². The first kappa shape index (κ1) is 33.9. The maximum Gasteiger partial charge on any atom is 0.412 e. The van der Waals surface area contributed by atoms with E-state index in [2.05, 4.69) is 25.8 Å². The van der Waals surface area contributed by atoms with Crippen molar-refractivity contribution < 1.29 is 19.1 Å². The fourth-order valence-electron chi connectivity index (χ4n) is 4.20. The first-order chi connectivity index (χ1) is 20.8. The third-order valence-corrected chi connectivity index (χ3v) is 6.45. The second-order valence-corrected chi connectivity index (χ2v) is 12.0. The lowest BCUT2D eigenvalue weighted by Crippen LogP contribution is -2.35. The molecule has 1 aromatic heterocycles. The molecule has 0 radical (unpaired) electrons. The average molecular weight is 604 g/mol. The molecule has 3 rings (SSSR count). The minimum absolute atomic E-state index is 0.198. The zero-order valence-corrected chi connectivity index (χ0v) is 26.8. The van der Waals surface area contributed by atoms with Crippen molar-refractivity contribution in [2.45, 2.75) is 45.8 Å². The molecule has 1 heterocycles. The Labute approximate surface area is 260 Å². The van der Waals surface area contributed by atoms with Crippen molar-refractivity contribution in [2.24, 2.45) is 0 Å². The summed E-state index contributed by atoms with van der Waals surface area (Å²) in [5, 5.41) is 8.48. The lowest BCUT2D eigenvalue weighted by molar-refractivity contribution is 0.0635. The Kier molecular flexibility index (Phi) is 12.1. The van der Waals surface area contributed by atoms with Gasteiger partial charge in [0.25, 0.3) is 5.91 Å². The van der Waals surface area contributed by atoms with E-state index in [-0.39, 0.29) is 11.7 Å². The third-order valence-electron chi connectivity index (χ3n) is 6.45. The fraction of sp³-hybridized carbons (Fsp3) is 0.394. The smallest absolute Gasteiger partial charge is 0.412 e. The Bertz CT molecular complexity index is 1380. The van der Waals surface area contributed by atoms with Crippen LogP contribution in [0.4, 0.5) is 32.3 Å². The molecule has 0 aliphatic rings. The van der Waals surface area contributed by atoms with Crippen LogP contribution in [0.3, 0.4) is 0 Å². The Hall–Kier alpha value is -4.64. The minimum Gasteiger partial charge on any atom is -0.444 e. The topological polar surface area (TPSA) is 119 Å². The number of aromatic nitrogens is 1. The Morgan fingerprint density at radius 1 is 0.795 bits per heavy atom. The van der Waals surface area contributed by atoms with Gasteiger partial charge in [0.15, 0.2) is 0 Å². The van der Waals surface area contributed by atoms with Gasteiger partial charge >= 0.3 is 12.1 Å². The molecule has 11 heteroatoms. The molecule has 2 aromatic carbocycles. The van der Waals surface area contributed by atoms with Gasteiger partial charge in [0.2, 0.25) is 0 Å². The normalized spacial score (nSPS) is 11.1. The fourth-order valence-corrected chi connectivity index (χ4v) is 4.20. The molecule has 0 unspecified atom stereocenters. The van der Waals surface area contributed by atoms with E-state index in [0.717, 1.165) is 30.6 Å². The number of nitrogens with one attached hydrogen (secondary N) is 3. The maximum absolute atomic E-state index is 13.3. The van der Waals surface area contributed by atoms with Gasteiger partial charge in [-0.25, -0.2) is 9.59 Å². The first-order valence-corrected chi connectivity index (χ1v) is 14.6. The molecule has 4 amide bonds. The van der Waals surface area contributed by atoms with Crippen molar-refractivity contribution in [2.75, 3.05) is 62.1 Å². The molecule has 0 saturated carbocycles. The van der Waals surface area contributed by atoms with Crippen LogP contribution < -0.4 is 20.9 Å². The number of carbonyl (C=O) groups excluding carboxylic acids is 3. The zero-order chi connectivity index (χ0) is 32.3. The molecule has 11 nitrogen and oxygen atoms in total. The van der Waals surface area contributed by atoms with Crippen molar-refractivity contribution in [3.63, 3.8) is 0 Å². The van der Waals surface area contributed by atoms with Gasteiger partial charge in [-0.2, -0.15) is 0 Å². The average Bonchev–Trinajstić information content (AvgIpc) is 2.95. The van der Waals surface area contributed by atoms with Gasteiger partial charge in [-0.1, -0.05) is 18.2 Å². The predicted molar refractivity (Wildman–Crippen MR) is 176 cm³/mol. The number of hydrogen-bond acceptors (Lipinski definition) is 7. The van der Waals surface area contributed by atoms with E-state index in [0.29, 0.717) is 30.2 Å². The van der Waals surface area contributed by atoms with Gasteiger partial charge in [0.1, 0.15) is 11.3 Å². The zero-order valence-electron chi connectivity index (χ0n) is 26.8. The van der Waals surface area contributed by atoms with Crippen LogP contribution in [0.2, 0.25) is 0 Å². The van der Waals surface area contributed by atoms with E-state index < -0.39 is 17.6 Å². The number of amides is 4. The second kappa shape index (κ2) is 15.7. The summed E-state index contributed by atoms with van der Waals surface area (Å²) >= 11 is 0. The Balaban J connectivity index is 1.67. The molecule has 0 aliphatic carbocycles. The van der Waals surface area contributed by atoms with Gasteiger partial charge in [0.05, 0.1) is 11.4 Å². The number of urea groups is 1. The summed E-state index contributed by atoms with van der Waals surface area (Å²) < 4.78 is 5.32. The number of carbonyl (C=O) groups is 3. The van der Waals surface area contributed by atoms with Crippen molar-refractivity contribution in [1.82, 2.24) is 14.8 Å². The summed E-state index contributed by atoms with van der Waals surface area (Å²) in [6, 6.07) is 17.7. The summed E-state index contributed by atoms with van der Waals surface area (Å²) in [6.45, 7) is 7.16. The molecular formula is C33H45N7O4. The lowest BCUT2D eigenvalue weighted by atomic mass is 10.2. The minimum atomic E-state index is -0.659. The number of benzene rings is 2. The molecule has 236 valence electrons. The van der Waals surface area contributed by atoms with E-state index in [9.17, 15) is 14.4 Å². The standard InChI is InChI=1S/C33H45N7O4/c1-33(2,3)44-32(43)37-28-13-9-8-12-27(28)36-30(41)29-19-14-24(22-34-29)23-40(21-11-10-20-38(4)5)31(42)35-25-15-17-26(18-16-25)39(6)7/h8-9,12-19,22H,10-11,20-21,23H2,1-7H3,(H,35,42)(H,36,41)(H,37,43). The van der Waals surface area contributed by atoms with Crippen LogP contribution in [0.25, 0.3) is 0 Å². The summed E-state index contributed by atoms with van der Waals surface area (Å²) in [4.78, 5) is 48.8. The number of anilines is 4. The van der Waals surface area contributed by atoms with Gasteiger partial charge < -0.3 is 30.1 Å². The quantitative estimate of drug-likeness (QED) is 0.213. The van der Waals surface area contributed by atoms with Crippen molar-refractivity contribution in [3.05, 3.63) is 78.1 Å². The van der Waals surface area contributed by atoms with E-state index in [1.807, 2.05) is 57.4 Å². The number of unbranched alkanes of at least 4 members (excludes halogenated alkanes) is 1. The molecule has 44 heavy (non-hydrogen) atoms. The van der Waals surface area contributed by atoms with Crippen LogP contribution in [0.1, 0.15) is 49.7 Å². The first-order valence-electron chi connectivity index (χ1n) is 14.6. The molecule has 0 spiro atoms. The van der Waals surface area contributed by atoms with E-state index in [1.54, 1.807) is 68.3 Å². The molecular weight excluding hydrogens is 558 g/mol. The van der Waals surface area contributed by atoms with Crippen LogP contribution in [0.5, 0.6) is 0 Å². The van der Waals surface area contributed by atoms with Crippen molar-refractivity contribution >= 4 is 40.8 Å². The molecule has 0 bridgehead atoms. The summed E-state index contributed by atoms with van der Waals surface area (Å²) in [7, 11) is 7.99. The predicted octanol–water partition coefficient (Wildman–Crippen LogP) is 6.12. The summed E-state index contributed by atoms with van der Waals surface area (Å²) in [5.41, 5.74) is 2.90. The maximum atomic E-state index is 13.3. The van der Waals surface area contributed by atoms with Crippen molar-refractivity contribution in [1.29, 1.82) is 0 Å². The SMILES string of the molecule is CN(C)CCCCN(Cc1ccc(C(=O)Nc2ccccc2NC(=O)OC(C)(C)C)nc1)C(=O)Nc1ccc(N(C)C)cc1. The number of ether oxygens (including phenoxy) is 1. The molecule has 3 N–H and O–H groups in total. The number of rotatable bonds is 12. The highest BCUT2D eigenvalue weighted by atomic mass is 16.6. The second-order valence-electron chi connectivity index (χ2n) is 12.0. The van der Waals surface area contributed by atoms with Gasteiger partial charge in [-0.3, -0.25) is 15.1 Å². The Morgan fingerprint density at radius 3 is 2.00 bits per heavy atom. The van der Waals surface area contributed by atoms with Crippen LogP contribution in [-0.4, -0.2) is 79.7 Å². The van der Waals surface area contributed by atoms with Crippen LogP contribution in [0.15, 0.2) is 66.9 Å². The van der Waals surface area contributed by atoms with E-state index in [1.165, 1.54) is 0 Å². The number of nitrogens with zero attached hydrogens (tertiary/aromatic N) is 4. The molecule has 0 atom stereocenters. The van der Waals surface area contributed by atoms with Crippen molar-refractivity contribution in [3.8, 4) is 0 Å². The van der Waals surface area contributed by atoms with Gasteiger partial charge in [-0.05, 0) is 102 Å². The summed E-state index contributed by atoms with van der Waals surface area (Å²) in [5.74, 6) is -0.436. The highest BCUT2D eigenvalue weighted by Gasteiger charge is 2.19.